The molecule has 2 aromatic carbocycles. The van der Waals surface area contributed by atoms with E-state index in [0.717, 1.165) is 18.5 Å². The van der Waals surface area contributed by atoms with Crippen LogP contribution in [-0.2, 0) is 97.4 Å². The first kappa shape index (κ1) is 99.4. The van der Waals surface area contributed by atoms with Gasteiger partial charge in [-0.25, -0.2) is 23.9 Å². The number of aromatic nitrogens is 4. The van der Waals surface area contributed by atoms with Crippen LogP contribution in [0, 0.1) is 13.8 Å². The first-order chi connectivity index (χ1) is 56.1. The summed E-state index contributed by atoms with van der Waals surface area (Å²) >= 11 is 0.981. The number of hydrogen-bond donors (Lipinski definition) is 16. The molecule has 0 saturated carbocycles. The second-order valence-corrected chi connectivity index (χ2v) is 29.9. The smallest absolute Gasteiger partial charge is 0.323 e. The van der Waals surface area contributed by atoms with Crippen molar-refractivity contribution in [1.29, 1.82) is 0 Å². The number of nitrogens with one attached hydrogen (secondary N) is 8. The van der Waals surface area contributed by atoms with Crippen LogP contribution in [0.25, 0.3) is 10.9 Å². The van der Waals surface area contributed by atoms with Gasteiger partial charge in [-0.2, -0.15) is 9.82 Å². The van der Waals surface area contributed by atoms with E-state index < -0.39 is 106 Å². The van der Waals surface area contributed by atoms with Gasteiger partial charge < -0.3 is 101 Å². The number of aliphatic carboxylic acids is 4. The van der Waals surface area contributed by atoms with Crippen LogP contribution in [0.4, 0.5) is 5.95 Å². The van der Waals surface area contributed by atoms with Crippen molar-refractivity contribution in [3.63, 3.8) is 0 Å². The maximum Gasteiger partial charge on any atom is 0.323 e. The predicted molar refractivity (Wildman–Crippen MR) is 418 cm³/mol. The number of likely N-dealkylation sites (N-methyl/N-ethyl adjacent to an activating group) is 1. The average molecular weight is 1720 g/mol. The van der Waals surface area contributed by atoms with Crippen molar-refractivity contribution in [2.24, 2.45) is 0 Å². The minimum absolute atomic E-state index is 0.0156. The number of benzene rings is 2. The summed E-state index contributed by atoms with van der Waals surface area (Å²) in [4.78, 5) is 123. The zero-order chi connectivity index (χ0) is 85.5. The Morgan fingerprint density at radius 3 is 1.81 bits per heavy atom. The van der Waals surface area contributed by atoms with Gasteiger partial charge in [0.15, 0.2) is 12.2 Å². The fourth-order valence-corrected chi connectivity index (χ4v) is 14.8. The summed E-state index contributed by atoms with van der Waals surface area (Å²) in [6, 6.07) is 5.28. The molecule has 4 heterocycles. The zero-order valence-electron chi connectivity index (χ0n) is 65.7. The predicted octanol–water partition coefficient (Wildman–Crippen LogP) is -0.885. The molecule has 5 unspecified atom stereocenters. The number of nitrogens with zero attached hydrogens (tertiary/aromatic N) is 7. The molecule has 0 radical (unpaired) electrons. The van der Waals surface area contributed by atoms with Crippen LogP contribution in [0.3, 0.4) is 0 Å². The van der Waals surface area contributed by atoms with Crippen LogP contribution >= 0.6 is 24.1 Å². The summed E-state index contributed by atoms with van der Waals surface area (Å²) in [5.74, 6) is -5.52. The highest BCUT2D eigenvalue weighted by Crippen LogP contribution is 2.33. The first-order valence-corrected chi connectivity index (χ1v) is 41.0. The van der Waals surface area contributed by atoms with Gasteiger partial charge in [0, 0.05) is 172 Å². The van der Waals surface area contributed by atoms with Crippen LogP contribution < -0.4 is 41.4 Å². The molecular formula is C70H111N15O29S3. The highest BCUT2D eigenvalue weighted by Gasteiger charge is 2.47. The number of sulfonamides is 1. The fraction of sp³-hybridized carbons (Fsp3) is 0.643. The van der Waals surface area contributed by atoms with Gasteiger partial charge in [-0.1, -0.05) is 17.0 Å². The van der Waals surface area contributed by atoms with Crippen molar-refractivity contribution in [3.8, 4) is 5.75 Å². The SMILES string of the molecule is CC(=O)N[C@H](CCC(=O)NCCOC1OC(CSOOO)C(O)C(SOOO)C1O)C(=O)NCCCOCCOCCOCCCNC(=O)CCCOc1cc(C)c(S(=O)(=O)N[C@@H](CNC(=O)c2ccc3c(cnn3CCCNc3ncc[nH]3)c2)C(=O)O)c(C)c1.CCN1CCN(CC(=O)O)CCN(CC(=O)O)CCN(CC(=O)O)CC1. The van der Waals surface area contributed by atoms with Crippen molar-refractivity contribution in [3.05, 3.63) is 65.6 Å². The maximum atomic E-state index is 13.6. The number of imidazole rings is 1. The maximum absolute atomic E-state index is 13.6. The number of fused-ring (bicyclic) bond motifs is 1. The summed E-state index contributed by atoms with van der Waals surface area (Å²) < 4.78 is 73.5. The zero-order valence-corrected chi connectivity index (χ0v) is 68.2. The molecular weight excluding hydrogens is 1610 g/mol. The summed E-state index contributed by atoms with van der Waals surface area (Å²) in [7, 11) is -4.40. The van der Waals surface area contributed by atoms with E-state index in [1.54, 1.807) is 55.5 Å². The Balaban J connectivity index is 0.000000794. The summed E-state index contributed by atoms with van der Waals surface area (Å²) in [5, 5.41) is 103. The van der Waals surface area contributed by atoms with Crippen LogP contribution in [0.1, 0.15) is 80.3 Å². The van der Waals surface area contributed by atoms with Crippen molar-refractivity contribution in [2.75, 3.05) is 175 Å². The minimum atomic E-state index is -4.40. The number of aliphatic hydroxyl groups is 2. The van der Waals surface area contributed by atoms with Gasteiger partial charge in [-0.05, 0) is 94.0 Å². The van der Waals surface area contributed by atoms with Gasteiger partial charge in [-0.15, -0.1) is 8.67 Å². The van der Waals surface area contributed by atoms with Crippen molar-refractivity contribution >= 4 is 104 Å². The van der Waals surface area contributed by atoms with Gasteiger partial charge in [0.1, 0.15) is 23.9 Å². The summed E-state index contributed by atoms with van der Waals surface area (Å²) in [6.45, 7) is 14.3. The highest BCUT2D eigenvalue weighted by atomic mass is 32.2. The second-order valence-electron chi connectivity index (χ2n) is 26.7. The molecule has 44 nitrogen and oxygen atoms in total. The minimum Gasteiger partial charge on any atom is -0.494 e. The van der Waals surface area contributed by atoms with E-state index in [1.807, 2.05) is 21.4 Å². The van der Waals surface area contributed by atoms with E-state index in [0.29, 0.717) is 183 Å². The van der Waals surface area contributed by atoms with Crippen molar-refractivity contribution in [1.82, 2.24) is 70.7 Å². The number of H-pyrrole nitrogens is 1. The topological polar surface area (TPSA) is 586 Å². The molecule has 2 aromatic heterocycles. The monoisotopic (exact) mass is 1720 g/mol. The van der Waals surface area contributed by atoms with Gasteiger partial charge in [-0.3, -0.25) is 62.5 Å². The van der Waals surface area contributed by atoms with Gasteiger partial charge >= 0.3 is 23.9 Å². The van der Waals surface area contributed by atoms with Gasteiger partial charge in [0.2, 0.25) is 33.7 Å². The van der Waals surface area contributed by atoms with Crippen LogP contribution in [0.5, 0.6) is 5.75 Å². The molecule has 2 saturated heterocycles. The molecule has 0 spiro atoms. The normalized spacial score (nSPS) is 17.9. The lowest BCUT2D eigenvalue weighted by Gasteiger charge is -2.41. The largest absolute Gasteiger partial charge is 0.494 e. The molecule has 5 amide bonds. The number of carbonyl (C=O) groups is 9. The van der Waals surface area contributed by atoms with Crippen LogP contribution in [-0.4, -0.2) is 354 Å². The quantitative estimate of drug-likeness (QED) is 0.0110. The van der Waals surface area contributed by atoms with E-state index >= 15 is 0 Å². The molecule has 7 atom stereocenters. The molecule has 117 heavy (non-hydrogen) atoms. The third kappa shape index (κ3) is 39.1. The number of amides is 5. The Hall–Kier alpha value is -8.12. The Morgan fingerprint density at radius 2 is 1.25 bits per heavy atom. The summed E-state index contributed by atoms with van der Waals surface area (Å²) in [5.41, 5.74) is 1.63. The van der Waals surface area contributed by atoms with E-state index in [4.69, 9.17) is 54.3 Å². The van der Waals surface area contributed by atoms with Gasteiger partial charge in [0.05, 0.1) is 99.1 Å². The lowest BCUT2D eigenvalue weighted by atomic mass is 10.0. The number of anilines is 1. The third-order valence-electron chi connectivity index (χ3n) is 17.8. The summed E-state index contributed by atoms with van der Waals surface area (Å²) in [6.07, 6.45) is 1.95. The number of aliphatic hydroxyl groups excluding tert-OH is 2. The second kappa shape index (κ2) is 55.6. The Kier molecular flexibility index (Phi) is 47.3. The van der Waals surface area contributed by atoms with E-state index in [9.17, 15) is 66.9 Å². The number of carbonyl (C=O) groups excluding carboxylic acids is 5. The molecule has 16 N–H and O–H groups in total. The first-order valence-electron chi connectivity index (χ1n) is 37.8. The molecule has 0 aliphatic carbocycles. The molecule has 6 rings (SSSR count). The highest BCUT2D eigenvalue weighted by molar-refractivity contribution is 7.95. The Labute approximate surface area is 684 Å². The molecule has 2 aliphatic rings. The van der Waals surface area contributed by atoms with Gasteiger partial charge in [0.25, 0.3) is 5.91 Å². The molecule has 658 valence electrons. The molecule has 2 aliphatic heterocycles. The lowest BCUT2D eigenvalue weighted by Crippen LogP contribution is -2.58. The fourth-order valence-electron chi connectivity index (χ4n) is 12.0. The van der Waals surface area contributed by atoms with E-state index in [1.165, 1.54) is 19.1 Å². The molecule has 2 fully saturated rings. The third-order valence-corrected chi connectivity index (χ3v) is 21.1. The molecule has 4 aromatic rings. The van der Waals surface area contributed by atoms with Crippen molar-refractivity contribution in [2.45, 2.75) is 126 Å². The number of rotatable bonds is 54. The number of carboxylic acid groups (broad SMARTS) is 4. The number of ether oxygens (including phenoxy) is 6. The number of carboxylic acids is 4. The number of aromatic amines is 1. The Bertz CT molecular complexity index is 3730. The van der Waals surface area contributed by atoms with E-state index in [-0.39, 0.29) is 87.3 Å². The van der Waals surface area contributed by atoms with E-state index in [2.05, 4.69) is 75.3 Å². The molecule has 47 heteroatoms. The Morgan fingerprint density at radius 1 is 0.667 bits per heavy atom. The average Bonchev–Trinajstić information content (AvgIpc) is 1.70. The lowest BCUT2D eigenvalue weighted by molar-refractivity contribution is -0.433. The molecule has 0 bridgehead atoms. The van der Waals surface area contributed by atoms with Crippen molar-refractivity contribution < 1.29 is 140 Å². The van der Waals surface area contributed by atoms with Crippen LogP contribution in [0.2, 0.25) is 0 Å². The number of aryl methyl sites for hydroxylation is 3. The standard InChI is InChI=1S/C54H81N11O23S3.C16H30N4O6/c1-34-28-39(29-35(2)49(34)91(77,78)64-41(52(73)74)32-61-50(71)37-9-11-42-38(30-37)31-62-65(42)19-5-13-58-54-59-16-17-60-54)82-22-4-8-44(67)55-14-6-20-79-24-26-81-27-25-80-21-7-15-57-51(72)40(63-36(3)66)10-12-45(68)56-18-23-83-53-47(70)48(90-88-86-76)46(69)43(84-53)33-89-87-85-75;1-2-17-3-5-18(11-14(21)22)7-9-20(13-16(25)26)10-8-19(6-4-17)12-15(23)24/h9,11,16-17,28-31,40-41,43,46-48,53,64,69-70,75-76H,4-8,10,12-15,18-27,32-33H2,1-3H3,(H,55,67)(H,56,68)(H,57,72)(H,61,71)(H,63,66)(H,73,74)(H2,58,59,60);2-13H2,1H3,(H,21,22)(H,23,24)(H,25,26)/t40-,41+,43?,46?,47?,48?,53?;/m1./s1. The number of hydrogen-bond acceptors (Lipinski definition) is 34. The van der Waals surface area contributed by atoms with Crippen LogP contribution in [0.15, 0.2) is 53.8 Å².